The zero-order chi connectivity index (χ0) is 10.6. The molecule has 0 aromatic heterocycles. The van der Waals surface area contributed by atoms with Crippen molar-refractivity contribution in [3.8, 4) is 0 Å². The van der Waals surface area contributed by atoms with Crippen molar-refractivity contribution in [1.82, 2.24) is 4.90 Å². The first-order valence-corrected chi connectivity index (χ1v) is 6.49. The van der Waals surface area contributed by atoms with Crippen LogP contribution >= 0.6 is 0 Å². The fourth-order valence-corrected chi connectivity index (χ4v) is 1.76. The predicted molar refractivity (Wildman–Crippen MR) is 65.8 cm³/mol. The molecule has 1 heterocycles. The lowest BCUT2D eigenvalue weighted by atomic mass is 10.1. The van der Waals surface area contributed by atoms with Crippen LogP contribution in [0.25, 0.3) is 0 Å². The Hall–Kier alpha value is -0.0400. The molecular formula is C13H29N. The average molecular weight is 199 g/mol. The molecular weight excluding hydrogens is 170 g/mol. The summed E-state index contributed by atoms with van der Waals surface area (Å²) < 4.78 is 0. The molecule has 1 fully saturated rings. The van der Waals surface area contributed by atoms with Crippen molar-refractivity contribution in [2.75, 3.05) is 20.1 Å². The third kappa shape index (κ3) is 10.0. The summed E-state index contributed by atoms with van der Waals surface area (Å²) in [5.74, 6) is 0. The maximum Gasteiger partial charge on any atom is -0.00218 e. The largest absolute Gasteiger partial charge is 0.306 e. The molecule has 0 aromatic carbocycles. The van der Waals surface area contributed by atoms with Crippen LogP contribution < -0.4 is 0 Å². The summed E-state index contributed by atoms with van der Waals surface area (Å²) in [6.07, 6.45) is 11.3. The molecule has 1 nitrogen and oxygen atoms in total. The van der Waals surface area contributed by atoms with E-state index in [-0.39, 0.29) is 0 Å². The quantitative estimate of drug-likeness (QED) is 0.648. The molecule has 86 valence electrons. The summed E-state index contributed by atoms with van der Waals surface area (Å²) >= 11 is 0. The van der Waals surface area contributed by atoms with Crippen molar-refractivity contribution in [3.05, 3.63) is 0 Å². The molecule has 0 spiro atoms. The fraction of sp³-hybridized carbons (Fsp3) is 1.00. The Kier molecular flexibility index (Phi) is 11.0. The van der Waals surface area contributed by atoms with Gasteiger partial charge in [-0.05, 0) is 33.0 Å². The highest BCUT2D eigenvalue weighted by Gasteiger charge is 2.01. The highest BCUT2D eigenvalue weighted by molar-refractivity contribution is 4.56. The molecule has 1 rings (SSSR count). The van der Waals surface area contributed by atoms with Gasteiger partial charge in [0.1, 0.15) is 0 Å². The SMILES string of the molecule is CCCCC.CN1CCCCCCC1. The van der Waals surface area contributed by atoms with Gasteiger partial charge in [-0.15, -0.1) is 0 Å². The summed E-state index contributed by atoms with van der Waals surface area (Å²) in [4.78, 5) is 2.44. The van der Waals surface area contributed by atoms with Crippen LogP contribution in [-0.4, -0.2) is 25.0 Å². The molecule has 0 amide bonds. The van der Waals surface area contributed by atoms with Crippen molar-refractivity contribution in [2.45, 2.75) is 65.2 Å². The van der Waals surface area contributed by atoms with Crippen molar-refractivity contribution in [3.63, 3.8) is 0 Å². The summed E-state index contributed by atoms with van der Waals surface area (Å²) in [5.41, 5.74) is 0. The van der Waals surface area contributed by atoms with E-state index in [9.17, 15) is 0 Å². The molecule has 1 aliphatic rings. The first-order chi connectivity index (χ1) is 6.81. The van der Waals surface area contributed by atoms with Crippen LogP contribution in [0.15, 0.2) is 0 Å². The smallest absolute Gasteiger partial charge is 0.00218 e. The number of likely N-dealkylation sites (tertiary alicyclic amines) is 1. The van der Waals surface area contributed by atoms with Gasteiger partial charge < -0.3 is 4.90 Å². The second kappa shape index (κ2) is 11.0. The van der Waals surface area contributed by atoms with Crippen LogP contribution in [0.4, 0.5) is 0 Å². The zero-order valence-electron chi connectivity index (χ0n) is 10.5. The molecule has 0 N–H and O–H groups in total. The molecule has 0 radical (unpaired) electrons. The van der Waals surface area contributed by atoms with E-state index >= 15 is 0 Å². The minimum absolute atomic E-state index is 1.32. The van der Waals surface area contributed by atoms with Gasteiger partial charge in [-0.3, -0.25) is 0 Å². The van der Waals surface area contributed by atoms with E-state index in [2.05, 4.69) is 25.8 Å². The number of unbranched alkanes of at least 4 members (excludes halogenated alkanes) is 2. The lowest BCUT2D eigenvalue weighted by molar-refractivity contribution is 0.297. The monoisotopic (exact) mass is 199 g/mol. The van der Waals surface area contributed by atoms with Gasteiger partial charge in [0.2, 0.25) is 0 Å². The highest BCUT2D eigenvalue weighted by atomic mass is 15.1. The Morgan fingerprint density at radius 3 is 1.57 bits per heavy atom. The Balaban J connectivity index is 0.000000292. The maximum absolute atomic E-state index is 2.44. The van der Waals surface area contributed by atoms with Gasteiger partial charge in [0.05, 0.1) is 0 Å². The second-order valence-corrected chi connectivity index (χ2v) is 4.42. The number of nitrogens with zero attached hydrogens (tertiary/aromatic N) is 1. The number of hydrogen-bond donors (Lipinski definition) is 0. The first kappa shape index (κ1) is 14.0. The average Bonchev–Trinajstić information content (AvgIpc) is 2.14. The summed E-state index contributed by atoms with van der Waals surface area (Å²) in [6, 6.07) is 0. The third-order valence-electron chi connectivity index (χ3n) is 2.79. The molecule has 14 heavy (non-hydrogen) atoms. The van der Waals surface area contributed by atoms with Crippen LogP contribution in [0.5, 0.6) is 0 Å². The van der Waals surface area contributed by atoms with Crippen LogP contribution in [0.2, 0.25) is 0 Å². The fourth-order valence-electron chi connectivity index (χ4n) is 1.76. The van der Waals surface area contributed by atoms with E-state index in [4.69, 9.17) is 0 Å². The summed E-state index contributed by atoms with van der Waals surface area (Å²) in [6.45, 7) is 7.06. The van der Waals surface area contributed by atoms with E-state index in [1.54, 1.807) is 0 Å². The number of hydrogen-bond acceptors (Lipinski definition) is 1. The number of rotatable bonds is 2. The van der Waals surface area contributed by atoms with Gasteiger partial charge in [-0.1, -0.05) is 52.4 Å². The van der Waals surface area contributed by atoms with Crippen molar-refractivity contribution >= 4 is 0 Å². The van der Waals surface area contributed by atoms with Crippen molar-refractivity contribution in [1.29, 1.82) is 0 Å². The van der Waals surface area contributed by atoms with E-state index in [0.29, 0.717) is 0 Å². The van der Waals surface area contributed by atoms with Crippen molar-refractivity contribution < 1.29 is 0 Å². The Bertz CT molecular complexity index is 91.4. The van der Waals surface area contributed by atoms with E-state index in [1.807, 2.05) is 0 Å². The van der Waals surface area contributed by atoms with Crippen LogP contribution in [-0.2, 0) is 0 Å². The van der Waals surface area contributed by atoms with Gasteiger partial charge in [0.25, 0.3) is 0 Å². The lowest BCUT2D eigenvalue weighted by Gasteiger charge is -2.18. The highest BCUT2D eigenvalue weighted by Crippen LogP contribution is 2.08. The Labute approximate surface area is 90.9 Å². The predicted octanol–water partition coefficient (Wildman–Crippen LogP) is 4.08. The van der Waals surface area contributed by atoms with Crippen LogP contribution in [0.3, 0.4) is 0 Å². The van der Waals surface area contributed by atoms with Gasteiger partial charge in [0, 0.05) is 0 Å². The van der Waals surface area contributed by atoms with Crippen molar-refractivity contribution in [2.24, 2.45) is 0 Å². The molecule has 0 saturated carbocycles. The van der Waals surface area contributed by atoms with Gasteiger partial charge in [-0.2, -0.15) is 0 Å². The lowest BCUT2D eigenvalue weighted by Crippen LogP contribution is -2.22. The summed E-state index contributed by atoms with van der Waals surface area (Å²) in [7, 11) is 2.23. The van der Waals surface area contributed by atoms with E-state index in [0.717, 1.165) is 0 Å². The molecule has 0 aromatic rings. The standard InChI is InChI=1S/C8H17N.C5H12/c1-9-7-5-3-2-4-6-8-9;1-3-5-4-2/h2-8H2,1H3;3-5H2,1-2H3. The van der Waals surface area contributed by atoms with Crippen LogP contribution in [0, 0.1) is 0 Å². The topological polar surface area (TPSA) is 3.24 Å². The Morgan fingerprint density at radius 1 is 0.786 bits per heavy atom. The van der Waals surface area contributed by atoms with E-state index < -0.39 is 0 Å². The zero-order valence-corrected chi connectivity index (χ0v) is 10.5. The minimum Gasteiger partial charge on any atom is -0.306 e. The van der Waals surface area contributed by atoms with Gasteiger partial charge in [0.15, 0.2) is 0 Å². The molecule has 1 aliphatic heterocycles. The van der Waals surface area contributed by atoms with Crippen LogP contribution in [0.1, 0.15) is 65.2 Å². The van der Waals surface area contributed by atoms with E-state index in [1.165, 1.54) is 64.5 Å². The molecule has 1 heteroatoms. The molecule has 0 unspecified atom stereocenters. The van der Waals surface area contributed by atoms with Gasteiger partial charge >= 0.3 is 0 Å². The summed E-state index contributed by atoms with van der Waals surface area (Å²) in [5, 5.41) is 0. The molecule has 0 bridgehead atoms. The molecule has 0 atom stereocenters. The Morgan fingerprint density at radius 2 is 1.21 bits per heavy atom. The first-order valence-electron chi connectivity index (χ1n) is 6.49. The normalized spacial score (nSPS) is 19.1. The minimum atomic E-state index is 1.32. The molecule has 1 saturated heterocycles. The molecule has 0 aliphatic carbocycles. The second-order valence-electron chi connectivity index (χ2n) is 4.42. The maximum atomic E-state index is 2.44. The van der Waals surface area contributed by atoms with Gasteiger partial charge in [-0.25, -0.2) is 0 Å². The third-order valence-corrected chi connectivity index (χ3v) is 2.79.